The van der Waals surface area contributed by atoms with Crippen molar-refractivity contribution >= 4 is 27.7 Å². The molecule has 0 spiro atoms. The van der Waals surface area contributed by atoms with Crippen LogP contribution in [0.3, 0.4) is 0 Å². The van der Waals surface area contributed by atoms with Gasteiger partial charge in [0.05, 0.1) is 12.6 Å². The summed E-state index contributed by atoms with van der Waals surface area (Å²) < 4.78 is 2.83. The van der Waals surface area contributed by atoms with Crippen LogP contribution in [0.25, 0.3) is 0 Å². The molecule has 1 aromatic heterocycles. The number of hydrogen-bond acceptors (Lipinski definition) is 5. The SMILES string of the molecule is OCc1cc(Br)ccc1Sc1nnnn1C1CC1. The molecule has 0 saturated heterocycles. The number of aliphatic hydroxyl groups excluding tert-OH is 1. The second kappa shape index (κ2) is 4.99. The van der Waals surface area contributed by atoms with E-state index < -0.39 is 0 Å². The summed E-state index contributed by atoms with van der Waals surface area (Å²) in [6.45, 7) is 0.00671. The van der Waals surface area contributed by atoms with Gasteiger partial charge in [-0.2, -0.15) is 0 Å². The first kappa shape index (κ1) is 12.1. The highest BCUT2D eigenvalue weighted by Gasteiger charge is 2.28. The lowest BCUT2D eigenvalue weighted by Gasteiger charge is -2.07. The van der Waals surface area contributed by atoms with E-state index in [-0.39, 0.29) is 6.61 Å². The summed E-state index contributed by atoms with van der Waals surface area (Å²) in [5.41, 5.74) is 0.875. The molecule has 0 unspecified atom stereocenters. The Bertz CT molecular complexity index is 570. The van der Waals surface area contributed by atoms with Crippen molar-refractivity contribution in [2.75, 3.05) is 0 Å². The third kappa shape index (κ3) is 2.43. The predicted molar refractivity (Wildman–Crippen MR) is 70.3 cm³/mol. The first-order chi connectivity index (χ1) is 8.78. The molecule has 7 heteroatoms. The average Bonchev–Trinajstić information content (AvgIpc) is 3.12. The van der Waals surface area contributed by atoms with Crippen molar-refractivity contribution in [1.82, 2.24) is 20.2 Å². The lowest BCUT2D eigenvalue weighted by Crippen LogP contribution is -1.99. The zero-order chi connectivity index (χ0) is 12.5. The Balaban J connectivity index is 1.89. The Morgan fingerprint density at radius 3 is 3.00 bits per heavy atom. The second-order valence-electron chi connectivity index (χ2n) is 4.15. The number of benzene rings is 1. The number of nitrogens with zero attached hydrogens (tertiary/aromatic N) is 4. The van der Waals surface area contributed by atoms with E-state index in [1.165, 1.54) is 11.8 Å². The van der Waals surface area contributed by atoms with E-state index in [1.54, 1.807) is 0 Å². The molecule has 0 amide bonds. The molecule has 0 aliphatic heterocycles. The predicted octanol–water partition coefficient (Wildman–Crippen LogP) is 2.41. The van der Waals surface area contributed by atoms with Gasteiger partial charge in [-0.3, -0.25) is 0 Å². The summed E-state index contributed by atoms with van der Waals surface area (Å²) >= 11 is 4.89. The molecule has 1 heterocycles. The van der Waals surface area contributed by atoms with Crippen LogP contribution in [0.5, 0.6) is 0 Å². The molecule has 2 aromatic rings. The average molecular weight is 327 g/mol. The van der Waals surface area contributed by atoms with Crippen LogP contribution in [-0.4, -0.2) is 25.3 Å². The normalized spacial score (nSPS) is 15.0. The molecule has 0 bridgehead atoms. The largest absolute Gasteiger partial charge is 0.392 e. The van der Waals surface area contributed by atoms with Gasteiger partial charge in [-0.25, -0.2) is 4.68 Å². The summed E-state index contributed by atoms with van der Waals surface area (Å²) in [6, 6.07) is 6.28. The molecule has 1 fully saturated rings. The first-order valence-corrected chi connectivity index (χ1v) is 7.24. The smallest absolute Gasteiger partial charge is 0.214 e. The van der Waals surface area contributed by atoms with Crippen molar-refractivity contribution in [3.8, 4) is 0 Å². The van der Waals surface area contributed by atoms with E-state index in [0.717, 1.165) is 32.9 Å². The Morgan fingerprint density at radius 2 is 2.28 bits per heavy atom. The van der Waals surface area contributed by atoms with Crippen LogP contribution in [0.15, 0.2) is 32.7 Å². The van der Waals surface area contributed by atoms with E-state index in [4.69, 9.17) is 0 Å². The van der Waals surface area contributed by atoms with Gasteiger partial charge in [0.1, 0.15) is 0 Å². The van der Waals surface area contributed by atoms with Crippen LogP contribution >= 0.6 is 27.7 Å². The fourth-order valence-electron chi connectivity index (χ4n) is 1.67. The highest BCUT2D eigenvalue weighted by Crippen LogP contribution is 2.38. The molecule has 3 rings (SSSR count). The van der Waals surface area contributed by atoms with Crippen LogP contribution in [0.1, 0.15) is 24.4 Å². The van der Waals surface area contributed by atoms with Gasteiger partial charge < -0.3 is 5.11 Å². The van der Waals surface area contributed by atoms with Crippen molar-refractivity contribution in [3.05, 3.63) is 28.2 Å². The van der Waals surface area contributed by atoms with Crippen LogP contribution in [-0.2, 0) is 6.61 Å². The summed E-state index contributed by atoms with van der Waals surface area (Å²) in [6.07, 6.45) is 2.29. The maximum absolute atomic E-state index is 9.37. The molecule has 1 N–H and O–H groups in total. The maximum atomic E-state index is 9.37. The van der Waals surface area contributed by atoms with Crippen molar-refractivity contribution in [3.63, 3.8) is 0 Å². The van der Waals surface area contributed by atoms with Gasteiger partial charge in [0.15, 0.2) is 0 Å². The lowest BCUT2D eigenvalue weighted by molar-refractivity contribution is 0.279. The van der Waals surface area contributed by atoms with Gasteiger partial charge in [0.25, 0.3) is 0 Å². The van der Waals surface area contributed by atoms with Gasteiger partial charge in [0.2, 0.25) is 5.16 Å². The fraction of sp³-hybridized carbons (Fsp3) is 0.364. The Kier molecular flexibility index (Phi) is 3.36. The fourth-order valence-corrected chi connectivity index (χ4v) is 3.02. The minimum Gasteiger partial charge on any atom is -0.392 e. The Labute approximate surface area is 117 Å². The first-order valence-electron chi connectivity index (χ1n) is 5.63. The van der Waals surface area contributed by atoms with E-state index in [1.807, 2.05) is 22.9 Å². The van der Waals surface area contributed by atoms with E-state index in [0.29, 0.717) is 6.04 Å². The highest BCUT2D eigenvalue weighted by atomic mass is 79.9. The number of halogens is 1. The van der Waals surface area contributed by atoms with Crippen LogP contribution in [0.2, 0.25) is 0 Å². The Morgan fingerprint density at radius 1 is 1.44 bits per heavy atom. The number of aliphatic hydroxyl groups is 1. The third-order valence-electron chi connectivity index (χ3n) is 2.75. The monoisotopic (exact) mass is 326 g/mol. The molecule has 0 radical (unpaired) electrons. The van der Waals surface area contributed by atoms with Gasteiger partial charge in [-0.05, 0) is 58.8 Å². The van der Waals surface area contributed by atoms with Crippen molar-refractivity contribution in [2.24, 2.45) is 0 Å². The second-order valence-corrected chi connectivity index (χ2v) is 6.07. The maximum Gasteiger partial charge on any atom is 0.214 e. The number of tetrazole rings is 1. The van der Waals surface area contributed by atoms with E-state index in [2.05, 4.69) is 31.5 Å². The van der Waals surface area contributed by atoms with Gasteiger partial charge in [-0.15, -0.1) is 5.10 Å². The minimum absolute atomic E-state index is 0.00671. The minimum atomic E-state index is 0.00671. The summed E-state index contributed by atoms with van der Waals surface area (Å²) in [7, 11) is 0. The molecule has 1 aliphatic carbocycles. The van der Waals surface area contributed by atoms with Gasteiger partial charge >= 0.3 is 0 Å². The molecule has 1 aliphatic rings. The molecule has 1 saturated carbocycles. The van der Waals surface area contributed by atoms with Crippen LogP contribution in [0.4, 0.5) is 0 Å². The Hall–Kier alpha value is -0.920. The van der Waals surface area contributed by atoms with Crippen molar-refractivity contribution in [1.29, 1.82) is 0 Å². The van der Waals surface area contributed by atoms with E-state index in [9.17, 15) is 5.11 Å². The topological polar surface area (TPSA) is 63.8 Å². The standard InChI is InChI=1S/C11H11BrN4OS/c12-8-1-4-10(7(5-8)6-17)18-11-13-14-15-16(11)9-2-3-9/h1,4-5,9,17H,2-3,6H2. The summed E-state index contributed by atoms with van der Waals surface area (Å²) in [5.74, 6) is 0. The quantitative estimate of drug-likeness (QED) is 0.934. The zero-order valence-electron chi connectivity index (χ0n) is 9.45. The molecule has 94 valence electrons. The lowest BCUT2D eigenvalue weighted by atomic mass is 10.2. The molecule has 1 aromatic carbocycles. The third-order valence-corrected chi connectivity index (χ3v) is 4.31. The molecular weight excluding hydrogens is 316 g/mol. The zero-order valence-corrected chi connectivity index (χ0v) is 11.9. The summed E-state index contributed by atoms with van der Waals surface area (Å²) in [4.78, 5) is 0.984. The number of hydrogen-bond donors (Lipinski definition) is 1. The molecule has 0 atom stereocenters. The molecule has 5 nitrogen and oxygen atoms in total. The van der Waals surface area contributed by atoms with Crippen molar-refractivity contribution < 1.29 is 5.11 Å². The van der Waals surface area contributed by atoms with Gasteiger partial charge in [0, 0.05) is 9.37 Å². The number of rotatable bonds is 4. The highest BCUT2D eigenvalue weighted by molar-refractivity contribution is 9.10. The van der Waals surface area contributed by atoms with Gasteiger partial charge in [-0.1, -0.05) is 15.9 Å². The van der Waals surface area contributed by atoms with Crippen molar-refractivity contribution in [2.45, 2.75) is 35.5 Å². The number of aromatic nitrogens is 4. The summed E-state index contributed by atoms with van der Waals surface area (Å²) in [5, 5.41) is 21.9. The molecular formula is C11H11BrN4OS. The van der Waals surface area contributed by atoms with Crippen LogP contribution < -0.4 is 0 Å². The van der Waals surface area contributed by atoms with E-state index >= 15 is 0 Å². The van der Waals surface area contributed by atoms with Crippen LogP contribution in [0, 0.1) is 0 Å². The molecule has 18 heavy (non-hydrogen) atoms.